The lowest BCUT2D eigenvalue weighted by Crippen LogP contribution is -2.08. The highest BCUT2D eigenvalue weighted by atomic mass is 16.5. The molecular weight excluding hydrogens is 324 g/mol. The van der Waals surface area contributed by atoms with Gasteiger partial charge in [-0.2, -0.15) is 0 Å². The number of ether oxygens (including phenoxy) is 2. The Labute approximate surface area is 143 Å². The number of fused-ring (bicyclic) bond motifs is 1. The average molecular weight is 340 g/mol. The van der Waals surface area contributed by atoms with Crippen LogP contribution in [0, 0.1) is 0 Å². The molecule has 6 nitrogen and oxygen atoms in total. The molecule has 1 N–H and O–H groups in total. The van der Waals surface area contributed by atoms with Crippen molar-refractivity contribution in [1.82, 2.24) is 0 Å². The van der Waals surface area contributed by atoms with Gasteiger partial charge in [0.25, 0.3) is 0 Å². The molecule has 1 heterocycles. The summed E-state index contributed by atoms with van der Waals surface area (Å²) in [6.45, 7) is -0.153. The summed E-state index contributed by atoms with van der Waals surface area (Å²) in [6.07, 6.45) is 0. The lowest BCUT2D eigenvalue weighted by atomic mass is 10.1. The molecule has 0 unspecified atom stereocenters. The molecule has 1 aromatic heterocycles. The molecule has 0 fully saturated rings. The Morgan fingerprint density at radius 2 is 1.88 bits per heavy atom. The molecule has 0 atom stereocenters. The van der Waals surface area contributed by atoms with Crippen LogP contribution in [0.25, 0.3) is 11.0 Å². The number of hydrogen-bond donors (Lipinski definition) is 1. The van der Waals surface area contributed by atoms with Gasteiger partial charge < -0.3 is 19.0 Å². The highest BCUT2D eigenvalue weighted by Gasteiger charge is 2.11. The maximum atomic E-state index is 12.1. The first-order chi connectivity index (χ1) is 12.1. The summed E-state index contributed by atoms with van der Waals surface area (Å²) >= 11 is 0. The average Bonchev–Trinajstić information content (AvgIpc) is 2.65. The van der Waals surface area contributed by atoms with E-state index in [1.807, 2.05) is 0 Å². The molecule has 6 heteroatoms. The summed E-state index contributed by atoms with van der Waals surface area (Å²) in [5.74, 6) is 0.0492. The van der Waals surface area contributed by atoms with E-state index < -0.39 is 11.6 Å². The van der Waals surface area contributed by atoms with Gasteiger partial charge in [0.15, 0.2) is 0 Å². The largest absolute Gasteiger partial charge is 0.497 e. The molecule has 0 spiro atoms. The van der Waals surface area contributed by atoms with Gasteiger partial charge in [-0.15, -0.1) is 0 Å². The lowest BCUT2D eigenvalue weighted by molar-refractivity contribution is 0.0473. The minimum Gasteiger partial charge on any atom is -0.497 e. The van der Waals surface area contributed by atoms with Crippen LogP contribution in [0.5, 0.6) is 5.75 Å². The molecule has 0 aliphatic rings. The molecule has 3 aromatic rings. The third-order valence-corrected chi connectivity index (χ3v) is 3.77. The van der Waals surface area contributed by atoms with E-state index in [1.165, 1.54) is 13.2 Å². The Balaban J connectivity index is 1.82. The quantitative estimate of drug-likeness (QED) is 0.568. The number of aliphatic hydroxyl groups is 1. The number of carbonyl (C=O) groups is 1. The summed E-state index contributed by atoms with van der Waals surface area (Å²) in [4.78, 5) is 23.9. The van der Waals surface area contributed by atoms with Crippen molar-refractivity contribution in [3.63, 3.8) is 0 Å². The molecule has 128 valence electrons. The van der Waals surface area contributed by atoms with E-state index in [9.17, 15) is 9.59 Å². The van der Waals surface area contributed by atoms with E-state index in [4.69, 9.17) is 19.0 Å². The van der Waals surface area contributed by atoms with Crippen molar-refractivity contribution in [2.75, 3.05) is 7.11 Å². The van der Waals surface area contributed by atoms with Gasteiger partial charge in [0.1, 0.15) is 17.9 Å². The van der Waals surface area contributed by atoms with Gasteiger partial charge in [0, 0.05) is 23.1 Å². The SMILES string of the molecule is COc1ccc2c(COC(=O)c3ccc(CO)cc3)cc(=O)oc2c1. The molecule has 3 rings (SSSR count). The molecule has 0 aliphatic carbocycles. The van der Waals surface area contributed by atoms with Gasteiger partial charge in [-0.25, -0.2) is 9.59 Å². The predicted molar refractivity (Wildman–Crippen MR) is 90.5 cm³/mol. The first kappa shape index (κ1) is 16.7. The first-order valence-corrected chi connectivity index (χ1v) is 7.58. The fourth-order valence-electron chi connectivity index (χ4n) is 2.43. The number of rotatable bonds is 5. The molecule has 0 saturated heterocycles. The maximum absolute atomic E-state index is 12.1. The van der Waals surface area contributed by atoms with Gasteiger partial charge in [-0.3, -0.25) is 0 Å². The van der Waals surface area contributed by atoms with Gasteiger partial charge >= 0.3 is 11.6 Å². The summed E-state index contributed by atoms with van der Waals surface area (Å²) in [5.41, 5.74) is 1.46. The second kappa shape index (κ2) is 7.19. The Morgan fingerprint density at radius 1 is 1.12 bits per heavy atom. The molecule has 0 bridgehead atoms. The Morgan fingerprint density at radius 3 is 2.56 bits per heavy atom. The van der Waals surface area contributed by atoms with Crippen molar-refractivity contribution in [3.05, 3.63) is 75.6 Å². The van der Waals surface area contributed by atoms with Gasteiger partial charge in [0.2, 0.25) is 0 Å². The smallest absolute Gasteiger partial charge is 0.338 e. The highest BCUT2D eigenvalue weighted by Crippen LogP contribution is 2.23. The minimum atomic E-state index is -0.529. The topological polar surface area (TPSA) is 86.0 Å². The van der Waals surface area contributed by atoms with Crippen molar-refractivity contribution in [1.29, 1.82) is 0 Å². The van der Waals surface area contributed by atoms with Crippen molar-refractivity contribution >= 4 is 16.9 Å². The van der Waals surface area contributed by atoms with Gasteiger partial charge in [0.05, 0.1) is 19.3 Å². The summed E-state index contributed by atoms with van der Waals surface area (Å²) in [5, 5.41) is 9.69. The van der Waals surface area contributed by atoms with Crippen molar-refractivity contribution in [3.8, 4) is 5.75 Å². The summed E-state index contributed by atoms with van der Waals surface area (Å²) in [7, 11) is 1.52. The van der Waals surface area contributed by atoms with Crippen LogP contribution in [0.3, 0.4) is 0 Å². The molecule has 0 aliphatic heterocycles. The third-order valence-electron chi connectivity index (χ3n) is 3.77. The molecule has 2 aromatic carbocycles. The number of carbonyl (C=O) groups excluding carboxylic acids is 1. The van der Waals surface area contributed by atoms with Crippen LogP contribution < -0.4 is 10.4 Å². The molecule has 0 saturated carbocycles. The monoisotopic (exact) mass is 340 g/mol. The third kappa shape index (κ3) is 3.70. The maximum Gasteiger partial charge on any atom is 0.338 e. The number of aliphatic hydroxyl groups excluding tert-OH is 1. The highest BCUT2D eigenvalue weighted by molar-refractivity contribution is 5.89. The molecule has 25 heavy (non-hydrogen) atoms. The van der Waals surface area contributed by atoms with E-state index in [0.717, 1.165) is 0 Å². The number of methoxy groups -OCH3 is 1. The first-order valence-electron chi connectivity index (χ1n) is 7.58. The van der Waals surface area contributed by atoms with Crippen molar-refractivity contribution in [2.45, 2.75) is 13.2 Å². The number of hydrogen-bond acceptors (Lipinski definition) is 6. The zero-order valence-electron chi connectivity index (χ0n) is 13.5. The lowest BCUT2D eigenvalue weighted by Gasteiger charge is -2.08. The van der Waals surface area contributed by atoms with Crippen LogP contribution >= 0.6 is 0 Å². The normalized spacial score (nSPS) is 10.6. The van der Waals surface area contributed by atoms with Crippen LogP contribution in [0.15, 0.2) is 57.7 Å². The van der Waals surface area contributed by atoms with E-state index in [1.54, 1.807) is 42.5 Å². The van der Waals surface area contributed by atoms with Crippen molar-refractivity contribution in [2.24, 2.45) is 0 Å². The van der Waals surface area contributed by atoms with E-state index >= 15 is 0 Å². The fourth-order valence-corrected chi connectivity index (χ4v) is 2.43. The standard InChI is InChI=1S/C19H16O6/c1-23-15-6-7-16-14(8-18(21)25-17(16)9-15)11-24-19(22)13-4-2-12(10-20)3-5-13/h2-9,20H,10-11H2,1H3. The number of esters is 1. The van der Waals surface area contributed by atoms with Crippen LogP contribution in [0.2, 0.25) is 0 Å². The Bertz CT molecular complexity index is 956. The second-order valence-electron chi connectivity index (χ2n) is 5.38. The fraction of sp³-hybridized carbons (Fsp3) is 0.158. The van der Waals surface area contributed by atoms with E-state index in [0.29, 0.717) is 33.4 Å². The Kier molecular flexibility index (Phi) is 4.81. The molecular formula is C19H16O6. The van der Waals surface area contributed by atoms with Crippen LogP contribution in [-0.2, 0) is 18.0 Å². The molecule has 0 amide bonds. The minimum absolute atomic E-state index is 0.0605. The predicted octanol–water partition coefficient (Wildman–Crippen LogP) is 2.65. The van der Waals surface area contributed by atoms with E-state index in [2.05, 4.69) is 0 Å². The zero-order valence-corrected chi connectivity index (χ0v) is 13.5. The van der Waals surface area contributed by atoms with Crippen molar-refractivity contribution < 1.29 is 23.8 Å². The van der Waals surface area contributed by atoms with Crippen LogP contribution in [-0.4, -0.2) is 18.2 Å². The Hall–Kier alpha value is -3.12. The summed E-state index contributed by atoms with van der Waals surface area (Å²) < 4.78 is 15.6. The van der Waals surface area contributed by atoms with Gasteiger partial charge in [-0.05, 0) is 29.8 Å². The zero-order chi connectivity index (χ0) is 17.8. The number of benzene rings is 2. The van der Waals surface area contributed by atoms with E-state index in [-0.39, 0.29) is 13.2 Å². The van der Waals surface area contributed by atoms with Gasteiger partial charge in [-0.1, -0.05) is 12.1 Å². The summed E-state index contributed by atoms with van der Waals surface area (Å²) in [6, 6.07) is 12.8. The molecule has 0 radical (unpaired) electrons. The van der Waals surface area contributed by atoms with Crippen LogP contribution in [0.4, 0.5) is 0 Å². The second-order valence-corrected chi connectivity index (χ2v) is 5.38. The van der Waals surface area contributed by atoms with Crippen LogP contribution in [0.1, 0.15) is 21.5 Å².